The third kappa shape index (κ3) is 4.93. The molecule has 10 heteroatoms. The van der Waals surface area contributed by atoms with Crippen molar-refractivity contribution in [2.75, 3.05) is 7.11 Å². The molecule has 2 fully saturated rings. The van der Waals surface area contributed by atoms with Crippen molar-refractivity contribution in [3.63, 3.8) is 0 Å². The molecule has 45 heavy (non-hydrogen) atoms. The minimum absolute atomic E-state index is 0. The summed E-state index contributed by atoms with van der Waals surface area (Å²) in [6, 6.07) is -0.296. The maximum Gasteiger partial charge on any atom is 2.00 e. The molecule has 4 atom stereocenters. The first-order valence-corrected chi connectivity index (χ1v) is 15.3. The number of aliphatic hydroxyl groups is 1. The molecule has 0 saturated carbocycles. The van der Waals surface area contributed by atoms with E-state index in [-0.39, 0.29) is 53.0 Å². The van der Waals surface area contributed by atoms with Crippen LogP contribution in [-0.2, 0) is 25.7 Å². The number of rotatable bonds is 6. The molecular weight excluding hydrogens is 581 g/mol. The van der Waals surface area contributed by atoms with E-state index in [1.165, 1.54) is 7.11 Å². The van der Waals surface area contributed by atoms with Gasteiger partial charge in [0.25, 0.3) is 0 Å². The van der Waals surface area contributed by atoms with E-state index in [0.717, 1.165) is 79.7 Å². The van der Waals surface area contributed by atoms with Gasteiger partial charge in [-0.2, -0.15) is 9.78 Å². The van der Waals surface area contributed by atoms with Gasteiger partial charge < -0.3 is 30.1 Å². The van der Waals surface area contributed by atoms with Crippen LogP contribution in [0.4, 0.5) is 0 Å². The summed E-state index contributed by atoms with van der Waals surface area (Å²) in [6.45, 7) is 14.5. The van der Waals surface area contributed by atoms with E-state index in [4.69, 9.17) is 29.5 Å². The number of ether oxygens (including phenoxy) is 1. The summed E-state index contributed by atoms with van der Waals surface area (Å²) < 4.78 is 5.25. The fraction of sp³-hybridized carbons (Fsp3) is 0.400. The van der Waals surface area contributed by atoms with Crippen LogP contribution in [-0.4, -0.2) is 53.6 Å². The van der Waals surface area contributed by atoms with E-state index in [0.29, 0.717) is 17.0 Å². The molecule has 3 aromatic heterocycles. The van der Waals surface area contributed by atoms with Crippen molar-refractivity contribution < 1.29 is 24.4 Å². The quantitative estimate of drug-likeness (QED) is 0.182. The largest absolute Gasteiger partial charge is 2.00 e. The third-order valence-corrected chi connectivity index (χ3v) is 10.1. The molecule has 2 saturated heterocycles. The Morgan fingerprint density at radius 3 is 2.40 bits per heavy atom. The van der Waals surface area contributed by atoms with Crippen LogP contribution in [0.5, 0.6) is 0 Å². The molecule has 230 valence electrons. The predicted molar refractivity (Wildman–Crippen MR) is 172 cm³/mol. The SMILES string of the molecule is C=Cc1c2[n-]c(c1C)/C=C1\NC(C3=c4[n-]c(c(C)c4=C(O)[C@@H]3C(=O)OC)/C=c3\[n-]/c(c(C)c3CC)=C\2)[C@@H](CCC2OO2)[C@@H]1C.[Mg+2]. The molecule has 0 radical (unpaired) electrons. The zero-order valence-electron chi connectivity index (χ0n) is 26.7. The van der Waals surface area contributed by atoms with E-state index in [9.17, 15) is 9.90 Å². The van der Waals surface area contributed by atoms with Crippen molar-refractivity contribution in [3.05, 3.63) is 78.4 Å². The summed E-state index contributed by atoms with van der Waals surface area (Å²) in [6.07, 6.45) is 10.1. The van der Waals surface area contributed by atoms with Gasteiger partial charge in [-0.15, -0.1) is 33.1 Å². The van der Waals surface area contributed by atoms with E-state index in [2.05, 4.69) is 45.7 Å². The van der Waals surface area contributed by atoms with Gasteiger partial charge in [-0.1, -0.05) is 67.0 Å². The van der Waals surface area contributed by atoms with Crippen molar-refractivity contribution >= 4 is 64.7 Å². The first-order valence-electron chi connectivity index (χ1n) is 15.3. The number of hydrogen-bond donors (Lipinski definition) is 2. The molecule has 9 nitrogen and oxygen atoms in total. The van der Waals surface area contributed by atoms with Gasteiger partial charge in [0.2, 0.25) is 6.29 Å². The monoisotopic (exact) mass is 617 g/mol. The number of nitrogens with one attached hydrogen (secondary N) is 1. The van der Waals surface area contributed by atoms with E-state index < -0.39 is 11.9 Å². The maximum absolute atomic E-state index is 13.3. The number of aromatic nitrogens is 3. The Bertz CT molecular complexity index is 2010. The Labute approximate surface area is 277 Å². The van der Waals surface area contributed by atoms with Crippen LogP contribution in [0.2, 0.25) is 0 Å². The number of methoxy groups -OCH3 is 1. The third-order valence-electron chi connectivity index (χ3n) is 10.1. The van der Waals surface area contributed by atoms with Crippen LogP contribution in [0, 0.1) is 38.5 Å². The topological polar surface area (TPSA) is 126 Å². The van der Waals surface area contributed by atoms with Gasteiger partial charge >= 0.3 is 29.0 Å². The minimum atomic E-state index is -0.950. The molecule has 0 aromatic carbocycles. The summed E-state index contributed by atoms with van der Waals surface area (Å²) >= 11 is 0. The zero-order valence-corrected chi connectivity index (χ0v) is 28.1. The number of fused-ring (bicyclic) bond motifs is 8. The average molecular weight is 618 g/mol. The second kappa shape index (κ2) is 11.7. The minimum Gasteiger partial charge on any atom is -0.657 e. The molecule has 3 aromatic rings. The Kier molecular flexibility index (Phi) is 8.22. The van der Waals surface area contributed by atoms with E-state index >= 15 is 0 Å². The Hall–Kier alpha value is -3.44. The van der Waals surface area contributed by atoms with Crippen molar-refractivity contribution in [3.8, 4) is 0 Å². The van der Waals surface area contributed by atoms with Crippen LogP contribution in [0.25, 0.3) is 35.6 Å². The van der Waals surface area contributed by atoms with Crippen molar-refractivity contribution in [2.24, 2.45) is 17.8 Å². The number of carbonyl (C=O) groups is 1. The van der Waals surface area contributed by atoms with Crippen LogP contribution in [0.3, 0.4) is 0 Å². The smallest absolute Gasteiger partial charge is 0.657 e. The van der Waals surface area contributed by atoms with Crippen molar-refractivity contribution in [1.82, 2.24) is 20.3 Å². The average Bonchev–Trinajstić information content (AvgIpc) is 3.37. The Morgan fingerprint density at radius 2 is 1.73 bits per heavy atom. The number of carbonyl (C=O) groups excluding carboxylic acids is 1. The van der Waals surface area contributed by atoms with Gasteiger partial charge in [0.15, 0.2) is 0 Å². The van der Waals surface area contributed by atoms with E-state index in [1.807, 2.05) is 25.2 Å². The molecule has 8 bridgehead atoms. The fourth-order valence-corrected chi connectivity index (χ4v) is 7.49. The summed E-state index contributed by atoms with van der Waals surface area (Å²) in [4.78, 5) is 38.7. The van der Waals surface area contributed by atoms with Gasteiger partial charge in [0.05, 0.1) is 13.2 Å². The van der Waals surface area contributed by atoms with E-state index in [1.54, 1.807) is 0 Å². The number of esters is 1. The fourth-order valence-electron chi connectivity index (χ4n) is 7.49. The molecule has 0 spiro atoms. The first kappa shape index (κ1) is 31.5. The molecule has 3 aliphatic heterocycles. The van der Waals surface area contributed by atoms with Crippen LogP contribution >= 0.6 is 0 Å². The molecule has 1 unspecified atom stereocenters. The molecule has 4 aliphatic rings. The van der Waals surface area contributed by atoms with Crippen molar-refractivity contribution in [1.29, 1.82) is 0 Å². The van der Waals surface area contributed by atoms with Gasteiger partial charge in [0.1, 0.15) is 11.7 Å². The number of aliphatic hydroxyl groups excluding tert-OH is 1. The summed E-state index contributed by atoms with van der Waals surface area (Å²) in [5.41, 5.74) is 9.21. The number of allylic oxidation sites excluding steroid dienone is 1. The molecule has 7 rings (SSSR count). The van der Waals surface area contributed by atoms with Crippen LogP contribution in [0.15, 0.2) is 12.3 Å². The number of hydrogen-bond acceptors (Lipinski definition) is 6. The van der Waals surface area contributed by atoms with Gasteiger partial charge in [0, 0.05) is 23.3 Å². The predicted octanol–water partition coefficient (Wildman–Crippen LogP) is 1.23. The molecule has 2 N–H and O–H groups in total. The molecular formula is C35H37MgN4O5-. The van der Waals surface area contributed by atoms with Crippen LogP contribution < -0.4 is 41.5 Å². The second-order valence-corrected chi connectivity index (χ2v) is 12.3. The van der Waals surface area contributed by atoms with Gasteiger partial charge in [-0.05, 0) is 50.7 Å². The molecule has 6 heterocycles. The zero-order chi connectivity index (χ0) is 31.0. The maximum atomic E-state index is 13.3. The number of nitrogens with zero attached hydrogens (tertiary/aromatic N) is 3. The van der Waals surface area contributed by atoms with Gasteiger partial charge in [-0.25, -0.2) is 0 Å². The first-order chi connectivity index (χ1) is 21.2. The Balaban J connectivity index is 0.00000357. The molecule has 0 amide bonds. The molecule has 1 aliphatic carbocycles. The normalized spacial score (nSPS) is 25.8. The summed E-state index contributed by atoms with van der Waals surface area (Å²) in [5.74, 6) is -1.34. The van der Waals surface area contributed by atoms with Crippen LogP contribution in [0.1, 0.15) is 71.6 Å². The van der Waals surface area contributed by atoms with Crippen molar-refractivity contribution in [2.45, 2.75) is 66.2 Å². The standard InChI is InChI=1S/C35H37N4O5.Mg/c1-8-19-15(3)22-12-24-17(5)21(10-11-28-43-44-28)32(38-24)30-31(35(41)42-7)34(40)29-18(6)25(39-33(29)30)14-27-20(9-2)16(4)23(37-27)13-26(19)36-22;/h8,12-14,17,21,28,31-32,38,40H,1,9-11H2,2-7H3;/q-3;+2/b23-13-,24-12-,27-14-;/t17-,21-,31+,32?;/m0./s1. The van der Waals surface area contributed by atoms with Gasteiger partial charge in [-0.3, -0.25) is 4.79 Å². The Morgan fingerprint density at radius 1 is 1.02 bits per heavy atom. The summed E-state index contributed by atoms with van der Waals surface area (Å²) in [7, 11) is 1.35. The second-order valence-electron chi connectivity index (χ2n) is 12.3. The summed E-state index contributed by atoms with van der Waals surface area (Å²) in [5, 5.41) is 18.4.